The maximum absolute atomic E-state index is 5.97. The molecule has 0 radical (unpaired) electrons. The second-order valence-corrected chi connectivity index (χ2v) is 5.30. The van der Waals surface area contributed by atoms with Crippen molar-refractivity contribution in [1.82, 2.24) is 0 Å². The summed E-state index contributed by atoms with van der Waals surface area (Å²) in [7, 11) is 0. The molecular weight excluding hydrogens is 276 g/mol. The summed E-state index contributed by atoms with van der Waals surface area (Å²) < 4.78 is 17.3. The molecule has 1 aromatic rings. The van der Waals surface area contributed by atoms with Crippen molar-refractivity contribution in [1.29, 1.82) is 0 Å². The molecule has 0 saturated heterocycles. The standard InChI is InChI=1S/C19H22O3/c1-3-20-19(21-4-2)13-12-17-14-16(10-11-18(17)22-19)15-8-6-5-7-9-15/h6,8-14H,3-5,7H2,1-2H3. The van der Waals surface area contributed by atoms with Gasteiger partial charge in [0.05, 0.1) is 13.2 Å². The molecule has 0 fully saturated rings. The van der Waals surface area contributed by atoms with Crippen LogP contribution in [0.3, 0.4) is 0 Å². The zero-order chi connectivity index (χ0) is 15.4. The van der Waals surface area contributed by atoms with E-state index in [1.54, 1.807) is 0 Å². The van der Waals surface area contributed by atoms with Gasteiger partial charge in [-0.25, -0.2) is 0 Å². The van der Waals surface area contributed by atoms with E-state index in [-0.39, 0.29) is 0 Å². The average Bonchev–Trinajstić information content (AvgIpc) is 2.56. The van der Waals surface area contributed by atoms with Crippen LogP contribution in [-0.4, -0.2) is 19.2 Å². The van der Waals surface area contributed by atoms with E-state index in [0.29, 0.717) is 13.2 Å². The van der Waals surface area contributed by atoms with Crippen LogP contribution in [0.2, 0.25) is 0 Å². The third kappa shape index (κ3) is 3.01. The third-order valence-corrected chi connectivity index (χ3v) is 3.75. The molecule has 3 nitrogen and oxygen atoms in total. The molecule has 0 saturated carbocycles. The SMILES string of the molecule is CCOC1(OCC)C=Cc2cc(C3=CCCC=C3)ccc2O1. The van der Waals surface area contributed by atoms with Gasteiger partial charge in [0.25, 0.3) is 0 Å². The first kappa shape index (κ1) is 15.1. The van der Waals surface area contributed by atoms with Crippen molar-refractivity contribution in [3.8, 4) is 5.75 Å². The Morgan fingerprint density at radius 3 is 2.59 bits per heavy atom. The summed E-state index contributed by atoms with van der Waals surface area (Å²) in [5.74, 6) is -0.310. The Kier molecular flexibility index (Phi) is 4.46. The minimum Gasteiger partial charge on any atom is -0.435 e. The van der Waals surface area contributed by atoms with Gasteiger partial charge in [0.15, 0.2) is 0 Å². The Morgan fingerprint density at radius 1 is 1.09 bits per heavy atom. The van der Waals surface area contributed by atoms with Crippen molar-refractivity contribution >= 4 is 11.6 Å². The van der Waals surface area contributed by atoms with E-state index < -0.39 is 5.97 Å². The number of allylic oxidation sites excluding steroid dienone is 4. The number of hydrogen-bond acceptors (Lipinski definition) is 3. The van der Waals surface area contributed by atoms with Gasteiger partial charge in [-0.2, -0.15) is 0 Å². The van der Waals surface area contributed by atoms with Crippen molar-refractivity contribution in [2.24, 2.45) is 0 Å². The number of hydrogen-bond donors (Lipinski definition) is 0. The molecule has 1 aliphatic carbocycles. The first-order chi connectivity index (χ1) is 10.8. The van der Waals surface area contributed by atoms with Gasteiger partial charge in [-0.05, 0) is 56.0 Å². The largest absolute Gasteiger partial charge is 0.435 e. The second kappa shape index (κ2) is 6.51. The highest BCUT2D eigenvalue weighted by molar-refractivity contribution is 5.77. The van der Waals surface area contributed by atoms with Crippen LogP contribution in [0, 0.1) is 0 Å². The molecule has 0 atom stereocenters. The first-order valence-electron chi connectivity index (χ1n) is 7.93. The molecule has 0 bridgehead atoms. The lowest BCUT2D eigenvalue weighted by molar-refractivity contribution is -0.308. The Hall–Kier alpha value is -1.84. The van der Waals surface area contributed by atoms with Crippen LogP contribution in [-0.2, 0) is 9.47 Å². The monoisotopic (exact) mass is 298 g/mol. The zero-order valence-corrected chi connectivity index (χ0v) is 13.2. The van der Waals surface area contributed by atoms with Gasteiger partial charge in [-0.3, -0.25) is 0 Å². The Morgan fingerprint density at radius 2 is 1.91 bits per heavy atom. The minimum atomic E-state index is -1.10. The molecule has 1 heterocycles. The number of fused-ring (bicyclic) bond motifs is 1. The van der Waals surface area contributed by atoms with Gasteiger partial charge in [0.2, 0.25) is 0 Å². The van der Waals surface area contributed by atoms with Gasteiger partial charge in [0.1, 0.15) is 5.75 Å². The van der Waals surface area contributed by atoms with Crippen molar-refractivity contribution < 1.29 is 14.2 Å². The van der Waals surface area contributed by atoms with Crippen molar-refractivity contribution in [2.75, 3.05) is 13.2 Å². The molecule has 22 heavy (non-hydrogen) atoms. The van der Waals surface area contributed by atoms with Crippen LogP contribution in [0.4, 0.5) is 0 Å². The summed E-state index contributed by atoms with van der Waals surface area (Å²) in [6, 6.07) is 6.22. The molecular formula is C19H22O3. The fraction of sp³-hybridized carbons (Fsp3) is 0.368. The average molecular weight is 298 g/mol. The minimum absolute atomic E-state index is 0.523. The lowest BCUT2D eigenvalue weighted by atomic mass is 9.97. The van der Waals surface area contributed by atoms with Gasteiger partial charge in [-0.15, -0.1) is 0 Å². The summed E-state index contributed by atoms with van der Waals surface area (Å²) in [4.78, 5) is 0. The smallest absolute Gasteiger partial charge is 0.349 e. The Bertz CT molecular complexity index is 620. The molecule has 3 heteroatoms. The zero-order valence-electron chi connectivity index (χ0n) is 13.2. The normalized spacial score (nSPS) is 18.5. The van der Waals surface area contributed by atoms with Crippen molar-refractivity contribution in [3.63, 3.8) is 0 Å². The van der Waals surface area contributed by atoms with Crippen LogP contribution in [0.25, 0.3) is 11.6 Å². The molecule has 2 aliphatic rings. The summed E-state index contributed by atoms with van der Waals surface area (Å²) in [6.07, 6.45) is 12.8. The molecule has 0 spiro atoms. The predicted octanol–water partition coefficient (Wildman–Crippen LogP) is 4.55. The van der Waals surface area contributed by atoms with Crippen molar-refractivity contribution in [3.05, 3.63) is 53.6 Å². The van der Waals surface area contributed by atoms with Crippen LogP contribution in [0.15, 0.2) is 42.5 Å². The van der Waals surface area contributed by atoms with Gasteiger partial charge in [0, 0.05) is 11.6 Å². The lowest BCUT2D eigenvalue weighted by Crippen LogP contribution is -2.41. The molecule has 1 aromatic carbocycles. The van der Waals surface area contributed by atoms with E-state index in [0.717, 1.165) is 24.2 Å². The highest BCUT2D eigenvalue weighted by atomic mass is 16.9. The maximum atomic E-state index is 5.97. The fourth-order valence-electron chi connectivity index (χ4n) is 2.76. The van der Waals surface area contributed by atoms with Crippen LogP contribution in [0.5, 0.6) is 5.75 Å². The topological polar surface area (TPSA) is 27.7 Å². The maximum Gasteiger partial charge on any atom is 0.349 e. The van der Waals surface area contributed by atoms with E-state index in [1.165, 1.54) is 11.1 Å². The van der Waals surface area contributed by atoms with E-state index >= 15 is 0 Å². The molecule has 1 aliphatic heterocycles. The Balaban J connectivity index is 1.88. The van der Waals surface area contributed by atoms with E-state index in [4.69, 9.17) is 14.2 Å². The van der Waals surface area contributed by atoms with Gasteiger partial charge >= 0.3 is 5.97 Å². The second-order valence-electron chi connectivity index (χ2n) is 5.30. The highest BCUT2D eigenvalue weighted by Gasteiger charge is 2.34. The third-order valence-electron chi connectivity index (χ3n) is 3.75. The van der Waals surface area contributed by atoms with E-state index in [9.17, 15) is 0 Å². The summed E-state index contributed by atoms with van der Waals surface area (Å²) in [6.45, 7) is 4.90. The van der Waals surface area contributed by atoms with Gasteiger partial charge < -0.3 is 14.2 Å². The van der Waals surface area contributed by atoms with E-state index in [2.05, 4.69) is 30.4 Å². The molecule has 0 aromatic heterocycles. The quantitative estimate of drug-likeness (QED) is 0.746. The number of rotatable bonds is 5. The Labute approximate surface area is 131 Å². The predicted molar refractivity (Wildman–Crippen MR) is 88.4 cm³/mol. The van der Waals surface area contributed by atoms with Crippen LogP contribution < -0.4 is 4.74 Å². The van der Waals surface area contributed by atoms with E-state index in [1.807, 2.05) is 32.1 Å². The summed E-state index contributed by atoms with van der Waals surface area (Å²) in [5.41, 5.74) is 3.53. The molecule has 0 N–H and O–H groups in total. The van der Waals surface area contributed by atoms with Crippen LogP contribution >= 0.6 is 0 Å². The molecule has 116 valence electrons. The summed E-state index contributed by atoms with van der Waals surface area (Å²) >= 11 is 0. The van der Waals surface area contributed by atoms with Gasteiger partial charge in [-0.1, -0.05) is 24.3 Å². The summed E-state index contributed by atoms with van der Waals surface area (Å²) in [5, 5.41) is 0. The molecule has 0 amide bonds. The highest BCUT2D eigenvalue weighted by Crippen LogP contribution is 2.35. The number of benzene rings is 1. The molecule has 0 unspecified atom stereocenters. The first-order valence-corrected chi connectivity index (χ1v) is 7.93. The van der Waals surface area contributed by atoms with Crippen LogP contribution in [0.1, 0.15) is 37.8 Å². The lowest BCUT2D eigenvalue weighted by Gasteiger charge is -2.33. The molecule has 3 rings (SSSR count). The number of ether oxygens (including phenoxy) is 3. The fourth-order valence-corrected chi connectivity index (χ4v) is 2.76. The van der Waals surface area contributed by atoms with Crippen molar-refractivity contribution in [2.45, 2.75) is 32.7 Å².